The molecule has 6 heteroatoms. The molecule has 1 N–H and O–H groups in total. The van der Waals surface area contributed by atoms with Crippen molar-refractivity contribution in [1.82, 2.24) is 10.3 Å². The molecule has 1 aromatic carbocycles. The van der Waals surface area contributed by atoms with Gasteiger partial charge in [0.1, 0.15) is 12.1 Å². The van der Waals surface area contributed by atoms with Gasteiger partial charge in [-0.25, -0.2) is 9.37 Å². The lowest BCUT2D eigenvalue weighted by molar-refractivity contribution is -0.126. The minimum atomic E-state index is -0.343. The average Bonchev–Trinajstić information content (AvgIpc) is 2.93. The maximum absolute atomic E-state index is 12.9. The third-order valence-corrected chi connectivity index (χ3v) is 3.09. The van der Waals surface area contributed by atoms with Crippen LogP contribution in [-0.4, -0.2) is 23.2 Å². The van der Waals surface area contributed by atoms with Crippen molar-refractivity contribution in [2.45, 2.75) is 20.3 Å². The summed E-state index contributed by atoms with van der Waals surface area (Å²) in [7, 11) is 0. The first kappa shape index (κ1) is 15.9. The third kappa shape index (κ3) is 4.25. The Hall–Kier alpha value is -2.50. The SMILES string of the molecule is CC(C)C(=O)CNC(=O)Cc1coc(-c2ccc(F)cc2)n1. The van der Waals surface area contributed by atoms with E-state index < -0.39 is 0 Å². The summed E-state index contributed by atoms with van der Waals surface area (Å²) < 4.78 is 18.1. The van der Waals surface area contributed by atoms with E-state index in [9.17, 15) is 14.0 Å². The molecule has 0 bridgehead atoms. The number of hydrogen-bond acceptors (Lipinski definition) is 4. The molecule has 2 aromatic rings. The number of aromatic nitrogens is 1. The number of ketones is 1. The molecule has 0 aliphatic rings. The summed E-state index contributed by atoms with van der Waals surface area (Å²) in [5.74, 6) is -0.461. The number of hydrogen-bond donors (Lipinski definition) is 1. The molecule has 1 aromatic heterocycles. The molecule has 0 saturated carbocycles. The minimum Gasteiger partial charge on any atom is -0.444 e. The van der Waals surface area contributed by atoms with E-state index in [1.807, 2.05) is 0 Å². The number of Topliss-reactive ketones (excluding diaryl/α,β-unsaturated/α-hetero) is 1. The van der Waals surface area contributed by atoms with Gasteiger partial charge in [0.05, 0.1) is 18.7 Å². The van der Waals surface area contributed by atoms with Crippen LogP contribution in [0, 0.1) is 11.7 Å². The molecule has 0 aliphatic heterocycles. The van der Waals surface area contributed by atoms with Crippen molar-refractivity contribution in [3.05, 3.63) is 42.0 Å². The number of nitrogens with zero attached hydrogens (tertiary/aromatic N) is 1. The van der Waals surface area contributed by atoms with Gasteiger partial charge >= 0.3 is 0 Å². The summed E-state index contributed by atoms with van der Waals surface area (Å²) in [6, 6.07) is 5.71. The predicted octanol–water partition coefficient (Wildman–Crippen LogP) is 2.36. The number of nitrogens with one attached hydrogen (secondary N) is 1. The topological polar surface area (TPSA) is 72.2 Å². The van der Waals surface area contributed by atoms with Crippen LogP contribution in [0.3, 0.4) is 0 Å². The first-order valence-corrected chi connectivity index (χ1v) is 6.95. The minimum absolute atomic E-state index is 0.0131. The smallest absolute Gasteiger partial charge is 0.226 e. The standard InChI is InChI=1S/C16H17FN2O3/c1-10(2)14(20)8-18-15(21)7-13-9-22-16(19-13)11-3-5-12(17)6-4-11/h3-6,9-10H,7-8H2,1-2H3,(H,18,21). The number of oxazole rings is 1. The Labute approximate surface area is 127 Å². The summed E-state index contributed by atoms with van der Waals surface area (Å²) in [5.41, 5.74) is 1.08. The van der Waals surface area contributed by atoms with Gasteiger partial charge in [0.2, 0.25) is 11.8 Å². The molecule has 1 heterocycles. The molecule has 116 valence electrons. The van der Waals surface area contributed by atoms with Crippen molar-refractivity contribution in [3.63, 3.8) is 0 Å². The molecule has 1 amide bonds. The predicted molar refractivity (Wildman–Crippen MR) is 78.5 cm³/mol. The number of benzene rings is 1. The highest BCUT2D eigenvalue weighted by molar-refractivity contribution is 5.87. The van der Waals surface area contributed by atoms with Gasteiger partial charge in [-0.05, 0) is 24.3 Å². The Bertz CT molecular complexity index is 662. The first-order valence-electron chi connectivity index (χ1n) is 6.95. The Morgan fingerprint density at radius 2 is 1.95 bits per heavy atom. The summed E-state index contributed by atoms with van der Waals surface area (Å²) in [4.78, 5) is 27.3. The number of carbonyl (C=O) groups excluding carboxylic acids is 2. The Morgan fingerprint density at radius 3 is 2.59 bits per heavy atom. The molecule has 0 spiro atoms. The lowest BCUT2D eigenvalue weighted by Crippen LogP contribution is -2.32. The largest absolute Gasteiger partial charge is 0.444 e. The van der Waals surface area contributed by atoms with Crippen LogP contribution in [0.5, 0.6) is 0 Å². The van der Waals surface area contributed by atoms with Crippen LogP contribution in [0.4, 0.5) is 4.39 Å². The number of halogens is 1. The molecule has 2 rings (SSSR count). The maximum Gasteiger partial charge on any atom is 0.226 e. The van der Waals surface area contributed by atoms with Crippen LogP contribution in [0.25, 0.3) is 11.5 Å². The number of amides is 1. The summed E-state index contributed by atoms with van der Waals surface area (Å²) >= 11 is 0. The second-order valence-corrected chi connectivity index (χ2v) is 5.23. The van der Waals surface area contributed by atoms with Crippen molar-refractivity contribution in [3.8, 4) is 11.5 Å². The van der Waals surface area contributed by atoms with Crippen molar-refractivity contribution in [2.75, 3.05) is 6.54 Å². The van der Waals surface area contributed by atoms with E-state index in [0.717, 1.165) is 0 Å². The van der Waals surface area contributed by atoms with Gasteiger partial charge in [0.15, 0.2) is 5.78 Å². The fourth-order valence-electron chi connectivity index (χ4n) is 1.73. The molecule has 0 saturated heterocycles. The van der Waals surface area contributed by atoms with Gasteiger partial charge in [-0.3, -0.25) is 9.59 Å². The zero-order valence-electron chi connectivity index (χ0n) is 12.4. The Kier molecular flexibility index (Phi) is 5.04. The van der Waals surface area contributed by atoms with Crippen LogP contribution in [-0.2, 0) is 16.0 Å². The Morgan fingerprint density at radius 1 is 1.27 bits per heavy atom. The molecular weight excluding hydrogens is 287 g/mol. The van der Waals surface area contributed by atoms with Gasteiger partial charge in [-0.2, -0.15) is 0 Å². The molecule has 5 nitrogen and oxygen atoms in total. The normalized spacial score (nSPS) is 10.7. The number of carbonyl (C=O) groups is 2. The summed E-state index contributed by atoms with van der Waals surface area (Å²) in [6.07, 6.45) is 1.40. The van der Waals surface area contributed by atoms with E-state index in [0.29, 0.717) is 17.1 Å². The van der Waals surface area contributed by atoms with Crippen LogP contribution in [0.15, 0.2) is 34.9 Å². The summed E-state index contributed by atoms with van der Waals surface area (Å²) in [6.45, 7) is 3.57. The molecule has 0 fully saturated rings. The van der Waals surface area contributed by atoms with Gasteiger partial charge in [0.25, 0.3) is 0 Å². The lowest BCUT2D eigenvalue weighted by Gasteiger charge is -2.05. The highest BCUT2D eigenvalue weighted by Crippen LogP contribution is 2.19. The van der Waals surface area contributed by atoms with Gasteiger partial charge in [0, 0.05) is 11.5 Å². The third-order valence-electron chi connectivity index (χ3n) is 3.09. The fraction of sp³-hybridized carbons (Fsp3) is 0.312. The zero-order valence-corrected chi connectivity index (χ0v) is 12.4. The molecule has 0 atom stereocenters. The van der Waals surface area contributed by atoms with E-state index in [2.05, 4.69) is 10.3 Å². The van der Waals surface area contributed by atoms with E-state index in [1.54, 1.807) is 26.0 Å². The first-order chi connectivity index (χ1) is 10.5. The van der Waals surface area contributed by atoms with Gasteiger partial charge < -0.3 is 9.73 Å². The highest BCUT2D eigenvalue weighted by atomic mass is 19.1. The van der Waals surface area contributed by atoms with Crippen molar-refractivity contribution >= 4 is 11.7 Å². The van der Waals surface area contributed by atoms with Gasteiger partial charge in [-0.1, -0.05) is 13.8 Å². The van der Waals surface area contributed by atoms with Crippen LogP contribution < -0.4 is 5.32 Å². The van der Waals surface area contributed by atoms with Gasteiger partial charge in [-0.15, -0.1) is 0 Å². The van der Waals surface area contributed by atoms with E-state index in [1.165, 1.54) is 18.4 Å². The molecule has 22 heavy (non-hydrogen) atoms. The van der Waals surface area contributed by atoms with Crippen LogP contribution in [0.2, 0.25) is 0 Å². The van der Waals surface area contributed by atoms with Crippen LogP contribution in [0.1, 0.15) is 19.5 Å². The molecule has 0 aliphatic carbocycles. The quantitative estimate of drug-likeness (QED) is 0.889. The maximum atomic E-state index is 12.9. The second-order valence-electron chi connectivity index (χ2n) is 5.23. The number of rotatable bonds is 6. The second kappa shape index (κ2) is 6.98. The van der Waals surface area contributed by atoms with E-state index in [4.69, 9.17) is 4.42 Å². The zero-order chi connectivity index (χ0) is 16.1. The highest BCUT2D eigenvalue weighted by Gasteiger charge is 2.12. The molecule has 0 unspecified atom stereocenters. The van der Waals surface area contributed by atoms with Crippen molar-refractivity contribution in [2.24, 2.45) is 5.92 Å². The van der Waals surface area contributed by atoms with Crippen molar-refractivity contribution in [1.29, 1.82) is 0 Å². The van der Waals surface area contributed by atoms with Crippen molar-refractivity contribution < 1.29 is 18.4 Å². The monoisotopic (exact) mass is 304 g/mol. The molecule has 0 radical (unpaired) electrons. The average molecular weight is 304 g/mol. The van der Waals surface area contributed by atoms with E-state index >= 15 is 0 Å². The van der Waals surface area contributed by atoms with E-state index in [-0.39, 0.29) is 36.4 Å². The van der Waals surface area contributed by atoms with Crippen LogP contribution >= 0.6 is 0 Å². The Balaban J connectivity index is 1.93. The fourth-order valence-corrected chi connectivity index (χ4v) is 1.73. The summed E-state index contributed by atoms with van der Waals surface area (Å²) in [5, 5.41) is 2.55. The lowest BCUT2D eigenvalue weighted by atomic mass is 10.1. The molecular formula is C16H17FN2O3.